The molecule has 0 atom stereocenters. The van der Waals surface area contributed by atoms with Crippen molar-refractivity contribution in [2.24, 2.45) is 0 Å². The second-order valence-corrected chi connectivity index (χ2v) is 1.97. The highest BCUT2D eigenvalue weighted by Crippen LogP contribution is 2.07. The highest BCUT2D eigenvalue weighted by atomic mass is 16.4. The lowest BCUT2D eigenvalue weighted by Crippen LogP contribution is -1.95. The fourth-order valence-electron chi connectivity index (χ4n) is 0.564. The highest BCUT2D eigenvalue weighted by molar-refractivity contribution is 5.82. The van der Waals surface area contributed by atoms with Crippen molar-refractivity contribution < 1.29 is 14.3 Å². The summed E-state index contributed by atoms with van der Waals surface area (Å²) in [7, 11) is 0. The van der Waals surface area contributed by atoms with E-state index in [0.717, 1.165) is 0 Å². The van der Waals surface area contributed by atoms with E-state index in [4.69, 9.17) is 9.52 Å². The summed E-state index contributed by atoms with van der Waals surface area (Å²) in [5.41, 5.74) is 0.623. The molecule has 0 saturated heterocycles. The highest BCUT2D eigenvalue weighted by Gasteiger charge is 2.11. The molecule has 0 saturated carbocycles. The Morgan fingerprint density at radius 2 is 2.20 bits per heavy atom. The second kappa shape index (κ2) is 2.13. The van der Waals surface area contributed by atoms with Crippen LogP contribution in [0.5, 0.6) is 0 Å². The normalized spacial score (nSPS) is 9.80. The van der Waals surface area contributed by atoms with Crippen molar-refractivity contribution >= 4 is 5.97 Å². The van der Waals surface area contributed by atoms with E-state index >= 15 is 0 Å². The van der Waals surface area contributed by atoms with Gasteiger partial charge in [0, 0.05) is 0 Å². The van der Waals surface area contributed by atoms with Crippen molar-refractivity contribution in [1.29, 1.82) is 0 Å². The minimum Gasteiger partial charge on any atom is -0.474 e. The second-order valence-electron chi connectivity index (χ2n) is 1.97. The van der Waals surface area contributed by atoms with Gasteiger partial charge < -0.3 is 9.52 Å². The van der Waals surface area contributed by atoms with Crippen molar-refractivity contribution in [3.05, 3.63) is 17.3 Å². The van der Waals surface area contributed by atoms with E-state index in [1.54, 1.807) is 13.8 Å². The van der Waals surface area contributed by atoms with Gasteiger partial charge in [-0.15, -0.1) is 0 Å². The van der Waals surface area contributed by atoms with Gasteiger partial charge in [-0.05, 0) is 13.8 Å². The van der Waals surface area contributed by atoms with Gasteiger partial charge in [0.25, 0.3) is 0 Å². The summed E-state index contributed by atoms with van der Waals surface area (Å²) in [5, 5.41) is 8.37. The van der Waals surface area contributed by atoms with Crippen molar-refractivity contribution in [1.82, 2.24) is 4.98 Å². The number of nitrogens with zero attached hydrogens (tertiary/aromatic N) is 1. The van der Waals surface area contributed by atoms with Crippen LogP contribution in [0.25, 0.3) is 0 Å². The largest absolute Gasteiger partial charge is 0.474 e. The molecule has 0 aliphatic rings. The predicted octanol–water partition coefficient (Wildman–Crippen LogP) is 0.990. The third kappa shape index (κ3) is 1.00. The average Bonchev–Trinajstić information content (AvgIpc) is 2.13. The number of aryl methyl sites for hydroxylation is 2. The van der Waals surface area contributed by atoms with Gasteiger partial charge in [-0.2, -0.15) is 0 Å². The van der Waals surface area contributed by atoms with Crippen LogP contribution in [0.3, 0.4) is 0 Å². The molecule has 1 N–H and O–H groups in total. The fraction of sp³-hybridized carbons (Fsp3) is 0.333. The molecule has 1 aromatic heterocycles. The Labute approximate surface area is 57.5 Å². The Bertz CT molecular complexity index is 244. The standard InChI is InChI=1S/C6H7NO3/c1-3-4(2)10-5(7-3)6(8)9/h1-2H3,(H,8,9). The number of carbonyl (C=O) groups is 1. The van der Waals surface area contributed by atoms with E-state index in [1.165, 1.54) is 0 Å². The summed E-state index contributed by atoms with van der Waals surface area (Å²) >= 11 is 0. The monoisotopic (exact) mass is 141 g/mol. The van der Waals surface area contributed by atoms with Gasteiger partial charge in [0.1, 0.15) is 5.76 Å². The van der Waals surface area contributed by atoms with Gasteiger partial charge in [0.05, 0.1) is 5.69 Å². The summed E-state index contributed by atoms with van der Waals surface area (Å²) in [5.74, 6) is -0.816. The third-order valence-electron chi connectivity index (χ3n) is 1.21. The summed E-state index contributed by atoms with van der Waals surface area (Å²) in [6, 6.07) is 0. The molecule has 0 radical (unpaired) electrons. The first-order chi connectivity index (χ1) is 4.61. The Morgan fingerprint density at radius 1 is 1.60 bits per heavy atom. The number of carboxylic acids is 1. The molecule has 4 heteroatoms. The number of rotatable bonds is 1. The van der Waals surface area contributed by atoms with Crippen molar-refractivity contribution in [2.75, 3.05) is 0 Å². The number of oxazole rings is 1. The molecule has 0 aromatic carbocycles. The lowest BCUT2D eigenvalue weighted by atomic mass is 10.4. The molecule has 0 unspecified atom stereocenters. The number of aromatic nitrogens is 1. The lowest BCUT2D eigenvalue weighted by molar-refractivity contribution is 0.0652. The zero-order valence-corrected chi connectivity index (χ0v) is 5.71. The first-order valence-electron chi connectivity index (χ1n) is 2.78. The van der Waals surface area contributed by atoms with E-state index < -0.39 is 5.97 Å². The molecule has 0 fully saturated rings. The number of hydrogen-bond donors (Lipinski definition) is 1. The summed E-state index contributed by atoms with van der Waals surface area (Å²) in [4.78, 5) is 13.9. The molecule has 1 aromatic rings. The van der Waals surface area contributed by atoms with E-state index in [1.807, 2.05) is 0 Å². The minimum atomic E-state index is -1.13. The van der Waals surface area contributed by atoms with E-state index in [9.17, 15) is 4.79 Å². The Kier molecular flexibility index (Phi) is 1.45. The summed E-state index contributed by atoms with van der Waals surface area (Å²) in [6.07, 6.45) is 0. The van der Waals surface area contributed by atoms with Gasteiger partial charge in [0.15, 0.2) is 0 Å². The molecule has 10 heavy (non-hydrogen) atoms. The zero-order valence-electron chi connectivity index (χ0n) is 5.71. The topological polar surface area (TPSA) is 63.3 Å². The van der Waals surface area contributed by atoms with Crippen molar-refractivity contribution in [3.8, 4) is 0 Å². The number of aromatic carboxylic acids is 1. The third-order valence-corrected chi connectivity index (χ3v) is 1.21. The number of carboxylic acid groups (broad SMARTS) is 1. The van der Waals surface area contributed by atoms with Crippen molar-refractivity contribution in [2.45, 2.75) is 13.8 Å². The van der Waals surface area contributed by atoms with Gasteiger partial charge in [-0.3, -0.25) is 0 Å². The maximum Gasteiger partial charge on any atom is 0.392 e. The molecule has 54 valence electrons. The SMILES string of the molecule is Cc1nc(C(=O)O)oc1C. The fourth-order valence-corrected chi connectivity index (χ4v) is 0.564. The molecule has 4 nitrogen and oxygen atoms in total. The van der Waals surface area contributed by atoms with Crippen molar-refractivity contribution in [3.63, 3.8) is 0 Å². The molecule has 0 bridgehead atoms. The van der Waals surface area contributed by atoms with Crippen LogP contribution >= 0.6 is 0 Å². The summed E-state index contributed by atoms with van der Waals surface area (Å²) in [6.45, 7) is 3.38. The molecule has 0 aliphatic heterocycles. The molecule has 1 rings (SSSR count). The van der Waals surface area contributed by atoms with Crippen LogP contribution in [0, 0.1) is 13.8 Å². The smallest absolute Gasteiger partial charge is 0.392 e. The van der Waals surface area contributed by atoms with Crippen LogP contribution in [-0.4, -0.2) is 16.1 Å². The van der Waals surface area contributed by atoms with Gasteiger partial charge in [-0.1, -0.05) is 0 Å². The molecule has 0 aliphatic carbocycles. The maximum atomic E-state index is 10.2. The van der Waals surface area contributed by atoms with Crippen LogP contribution < -0.4 is 0 Å². The molecular weight excluding hydrogens is 134 g/mol. The van der Waals surface area contributed by atoms with Gasteiger partial charge in [-0.25, -0.2) is 9.78 Å². The van der Waals surface area contributed by atoms with Crippen LogP contribution in [0.1, 0.15) is 22.1 Å². The Balaban J connectivity index is 3.10. The van der Waals surface area contributed by atoms with Crippen LogP contribution in [0.4, 0.5) is 0 Å². The molecule has 0 spiro atoms. The molecule has 1 heterocycles. The lowest BCUT2D eigenvalue weighted by Gasteiger charge is -1.79. The average molecular weight is 141 g/mol. The first kappa shape index (κ1) is 6.80. The van der Waals surface area contributed by atoms with Gasteiger partial charge >= 0.3 is 11.9 Å². The predicted molar refractivity (Wildman–Crippen MR) is 32.9 cm³/mol. The van der Waals surface area contributed by atoms with Crippen LogP contribution in [0.2, 0.25) is 0 Å². The maximum absolute atomic E-state index is 10.2. The quantitative estimate of drug-likeness (QED) is 0.633. The van der Waals surface area contributed by atoms with E-state index in [-0.39, 0.29) is 5.89 Å². The minimum absolute atomic E-state index is 0.241. The number of hydrogen-bond acceptors (Lipinski definition) is 3. The Morgan fingerprint density at radius 3 is 2.40 bits per heavy atom. The van der Waals surface area contributed by atoms with Crippen LogP contribution in [-0.2, 0) is 0 Å². The zero-order chi connectivity index (χ0) is 7.72. The molecular formula is C6H7NO3. The van der Waals surface area contributed by atoms with E-state index in [2.05, 4.69) is 4.98 Å². The van der Waals surface area contributed by atoms with Crippen LogP contribution in [0.15, 0.2) is 4.42 Å². The molecule has 0 amide bonds. The van der Waals surface area contributed by atoms with Gasteiger partial charge in [0.2, 0.25) is 0 Å². The first-order valence-corrected chi connectivity index (χ1v) is 2.78. The Hall–Kier alpha value is -1.32. The van der Waals surface area contributed by atoms with E-state index in [0.29, 0.717) is 11.5 Å². The summed E-state index contributed by atoms with van der Waals surface area (Å²) < 4.78 is 4.77.